The summed E-state index contributed by atoms with van der Waals surface area (Å²) in [5.74, 6) is 0.727. The van der Waals surface area contributed by atoms with E-state index in [4.69, 9.17) is 9.47 Å². The Hall–Kier alpha value is -0.160. The van der Waals surface area contributed by atoms with Crippen LogP contribution < -0.4 is 5.32 Å². The molecule has 0 saturated carbocycles. The summed E-state index contributed by atoms with van der Waals surface area (Å²) in [5.41, 5.74) is 0. The van der Waals surface area contributed by atoms with Crippen LogP contribution in [0, 0.1) is 5.92 Å². The van der Waals surface area contributed by atoms with E-state index in [1.165, 1.54) is 6.54 Å². The molecule has 1 rings (SSSR count). The minimum absolute atomic E-state index is 0.261. The van der Waals surface area contributed by atoms with Gasteiger partial charge < -0.3 is 14.8 Å². The highest BCUT2D eigenvalue weighted by Gasteiger charge is 2.20. The van der Waals surface area contributed by atoms with Gasteiger partial charge in [0.25, 0.3) is 0 Å². The third kappa shape index (κ3) is 6.99. The quantitative estimate of drug-likeness (QED) is 0.645. The zero-order valence-electron chi connectivity index (χ0n) is 11.6. The van der Waals surface area contributed by atoms with Crippen LogP contribution in [-0.2, 0) is 9.47 Å². The van der Waals surface area contributed by atoms with Gasteiger partial charge in [-0.2, -0.15) is 0 Å². The third-order valence-corrected chi connectivity index (χ3v) is 2.87. The Morgan fingerprint density at radius 3 is 3.00 bits per heavy atom. The number of morpholine rings is 1. The molecular weight excluding hydrogens is 216 g/mol. The average Bonchev–Trinajstić information content (AvgIpc) is 2.28. The fourth-order valence-corrected chi connectivity index (χ4v) is 2.13. The molecule has 1 saturated heterocycles. The molecule has 1 N–H and O–H groups in total. The fraction of sp³-hybridized carbons (Fsp3) is 1.00. The van der Waals surface area contributed by atoms with Crippen molar-refractivity contribution in [3.05, 3.63) is 0 Å². The maximum Gasteiger partial charge on any atom is 0.0935 e. The van der Waals surface area contributed by atoms with E-state index in [1.54, 1.807) is 0 Å². The molecule has 0 aromatic carbocycles. The van der Waals surface area contributed by atoms with E-state index >= 15 is 0 Å². The molecule has 1 atom stereocenters. The van der Waals surface area contributed by atoms with Crippen LogP contribution in [0.1, 0.15) is 20.3 Å². The van der Waals surface area contributed by atoms with Gasteiger partial charge in [-0.05, 0) is 25.9 Å². The van der Waals surface area contributed by atoms with Gasteiger partial charge in [0.15, 0.2) is 0 Å². The van der Waals surface area contributed by atoms with Crippen LogP contribution in [0.25, 0.3) is 0 Å². The van der Waals surface area contributed by atoms with Gasteiger partial charge in [-0.15, -0.1) is 0 Å². The third-order valence-electron chi connectivity index (χ3n) is 2.87. The first-order valence-electron chi connectivity index (χ1n) is 6.78. The molecule has 4 nitrogen and oxygen atoms in total. The molecule has 1 aliphatic heterocycles. The molecule has 0 aromatic heterocycles. The van der Waals surface area contributed by atoms with Gasteiger partial charge in [-0.1, -0.05) is 13.8 Å². The lowest BCUT2D eigenvalue weighted by atomic mass is 10.2. The summed E-state index contributed by atoms with van der Waals surface area (Å²) in [6.45, 7) is 11.2. The minimum atomic E-state index is 0.261. The lowest BCUT2D eigenvalue weighted by Gasteiger charge is -2.33. The monoisotopic (exact) mass is 244 g/mol. The number of nitrogens with one attached hydrogen (secondary N) is 1. The highest BCUT2D eigenvalue weighted by molar-refractivity contribution is 4.72. The first kappa shape index (κ1) is 14.9. The number of ether oxygens (including phenoxy) is 2. The second-order valence-corrected chi connectivity index (χ2v) is 5.18. The summed E-state index contributed by atoms with van der Waals surface area (Å²) in [4.78, 5) is 2.48. The van der Waals surface area contributed by atoms with Crippen LogP contribution in [0.15, 0.2) is 0 Å². The topological polar surface area (TPSA) is 33.7 Å². The Labute approximate surface area is 106 Å². The van der Waals surface area contributed by atoms with Crippen molar-refractivity contribution < 1.29 is 9.47 Å². The molecule has 0 amide bonds. The highest BCUT2D eigenvalue weighted by Crippen LogP contribution is 2.08. The number of hydrogen-bond donors (Lipinski definition) is 1. The minimum Gasteiger partial charge on any atom is -0.379 e. The summed E-state index contributed by atoms with van der Waals surface area (Å²) >= 11 is 0. The van der Waals surface area contributed by atoms with Gasteiger partial charge in [0.2, 0.25) is 0 Å². The van der Waals surface area contributed by atoms with Gasteiger partial charge in [-0.25, -0.2) is 0 Å². The Morgan fingerprint density at radius 1 is 1.47 bits per heavy atom. The lowest BCUT2D eigenvalue weighted by molar-refractivity contribution is -0.0711. The second kappa shape index (κ2) is 8.86. The maximum atomic E-state index is 5.71. The van der Waals surface area contributed by atoms with E-state index in [0.717, 1.165) is 51.8 Å². The van der Waals surface area contributed by atoms with Crippen molar-refractivity contribution in [1.29, 1.82) is 0 Å². The van der Waals surface area contributed by atoms with E-state index < -0.39 is 0 Å². The summed E-state index contributed by atoms with van der Waals surface area (Å²) < 4.78 is 11.4. The maximum absolute atomic E-state index is 5.71. The fourth-order valence-electron chi connectivity index (χ4n) is 2.13. The van der Waals surface area contributed by atoms with E-state index in [1.807, 2.05) is 7.05 Å². The van der Waals surface area contributed by atoms with Gasteiger partial charge >= 0.3 is 0 Å². The van der Waals surface area contributed by atoms with Gasteiger partial charge in [-0.3, -0.25) is 4.90 Å². The summed E-state index contributed by atoms with van der Waals surface area (Å²) in [6.07, 6.45) is 1.33. The van der Waals surface area contributed by atoms with E-state index in [9.17, 15) is 0 Å². The molecule has 0 spiro atoms. The molecule has 17 heavy (non-hydrogen) atoms. The average molecular weight is 244 g/mol. The number of rotatable bonds is 8. The standard InChI is InChI=1S/C13H28N2O2/c1-12(2)9-15-6-8-17-13(10-15)11-16-7-4-5-14-3/h12-14H,4-11H2,1-3H3/t13-/m1/s1. The van der Waals surface area contributed by atoms with Crippen LogP contribution in [0.5, 0.6) is 0 Å². The molecule has 0 aromatic rings. The van der Waals surface area contributed by atoms with Crippen LogP contribution in [0.3, 0.4) is 0 Å². The summed E-state index contributed by atoms with van der Waals surface area (Å²) in [5, 5.41) is 3.12. The van der Waals surface area contributed by atoms with E-state index in [0.29, 0.717) is 0 Å². The van der Waals surface area contributed by atoms with Crippen molar-refractivity contribution in [3.63, 3.8) is 0 Å². The molecule has 1 aliphatic rings. The molecule has 0 bridgehead atoms. The van der Waals surface area contributed by atoms with Gasteiger partial charge in [0.05, 0.1) is 19.3 Å². The van der Waals surface area contributed by atoms with Crippen molar-refractivity contribution >= 4 is 0 Å². The summed E-state index contributed by atoms with van der Waals surface area (Å²) in [6, 6.07) is 0. The predicted octanol–water partition coefficient (Wildman–Crippen LogP) is 0.969. The molecular formula is C13H28N2O2. The van der Waals surface area contributed by atoms with Crippen LogP contribution in [0.2, 0.25) is 0 Å². The van der Waals surface area contributed by atoms with Crippen molar-refractivity contribution in [2.75, 3.05) is 53.0 Å². The Kier molecular flexibility index (Phi) is 7.77. The van der Waals surface area contributed by atoms with Crippen LogP contribution >= 0.6 is 0 Å². The first-order chi connectivity index (χ1) is 8.22. The van der Waals surface area contributed by atoms with Gasteiger partial charge in [0.1, 0.15) is 0 Å². The van der Waals surface area contributed by atoms with E-state index in [2.05, 4.69) is 24.1 Å². The second-order valence-electron chi connectivity index (χ2n) is 5.18. The normalized spacial score (nSPS) is 22.2. The van der Waals surface area contributed by atoms with Crippen molar-refractivity contribution in [1.82, 2.24) is 10.2 Å². The van der Waals surface area contributed by atoms with Crippen molar-refractivity contribution in [2.24, 2.45) is 5.92 Å². The molecule has 4 heteroatoms. The summed E-state index contributed by atoms with van der Waals surface area (Å²) in [7, 11) is 1.97. The van der Waals surface area contributed by atoms with Crippen LogP contribution in [-0.4, -0.2) is 64.1 Å². The number of hydrogen-bond acceptors (Lipinski definition) is 4. The number of nitrogens with zero attached hydrogens (tertiary/aromatic N) is 1. The molecule has 0 aliphatic carbocycles. The highest BCUT2D eigenvalue weighted by atomic mass is 16.5. The van der Waals surface area contributed by atoms with Crippen LogP contribution in [0.4, 0.5) is 0 Å². The molecule has 102 valence electrons. The largest absolute Gasteiger partial charge is 0.379 e. The molecule has 1 heterocycles. The lowest BCUT2D eigenvalue weighted by Crippen LogP contribution is -2.45. The Bertz CT molecular complexity index is 188. The Morgan fingerprint density at radius 2 is 2.29 bits per heavy atom. The molecule has 0 radical (unpaired) electrons. The van der Waals surface area contributed by atoms with E-state index in [-0.39, 0.29) is 6.10 Å². The van der Waals surface area contributed by atoms with Crippen molar-refractivity contribution in [3.8, 4) is 0 Å². The smallest absolute Gasteiger partial charge is 0.0935 e. The molecule has 1 fully saturated rings. The van der Waals surface area contributed by atoms with Crippen molar-refractivity contribution in [2.45, 2.75) is 26.4 Å². The van der Waals surface area contributed by atoms with Gasteiger partial charge in [0, 0.05) is 26.2 Å². The SMILES string of the molecule is CNCCCOC[C@H]1CN(CC(C)C)CCO1. The zero-order chi connectivity index (χ0) is 12.5. The molecule has 0 unspecified atom stereocenters. The predicted molar refractivity (Wildman–Crippen MR) is 70.4 cm³/mol. The first-order valence-corrected chi connectivity index (χ1v) is 6.78. The Balaban J connectivity index is 2.08. The zero-order valence-corrected chi connectivity index (χ0v) is 11.6.